The van der Waals surface area contributed by atoms with Crippen molar-refractivity contribution in [3.8, 4) is 0 Å². The molecule has 1 aliphatic heterocycles. The predicted molar refractivity (Wildman–Crippen MR) is 164 cm³/mol. The van der Waals surface area contributed by atoms with Crippen molar-refractivity contribution in [2.75, 3.05) is 25.1 Å². The molecular weight excluding hydrogens is 525 g/mol. The fourth-order valence-corrected chi connectivity index (χ4v) is 11.0. The van der Waals surface area contributed by atoms with Gasteiger partial charge in [0.2, 0.25) is 5.91 Å². The highest BCUT2D eigenvalue weighted by atomic mass is 31.2. The molecule has 1 saturated heterocycles. The summed E-state index contributed by atoms with van der Waals surface area (Å²) in [5, 5.41) is 15.1. The third kappa shape index (κ3) is 7.76. The van der Waals surface area contributed by atoms with Crippen LogP contribution in [-0.2, 0) is 27.3 Å². The zero-order chi connectivity index (χ0) is 29.9. The molecule has 1 amide bonds. The number of aliphatic hydroxyl groups excluding tert-OH is 1. The summed E-state index contributed by atoms with van der Waals surface area (Å²) >= 11 is 0. The zero-order valence-corrected chi connectivity index (χ0v) is 26.5. The maximum absolute atomic E-state index is 13.9. The molecular formula is C31H52N3O5P. The quantitative estimate of drug-likeness (QED) is 0.0764. The normalized spacial score (nSPS) is 17.9. The van der Waals surface area contributed by atoms with Crippen molar-refractivity contribution in [1.29, 1.82) is 0 Å². The van der Waals surface area contributed by atoms with E-state index in [-0.39, 0.29) is 24.7 Å². The first-order chi connectivity index (χ1) is 19.2. The number of β-lactam (4-membered cyclic amide) rings is 1. The van der Waals surface area contributed by atoms with Gasteiger partial charge in [-0.2, -0.15) is 5.10 Å². The lowest BCUT2D eigenvalue weighted by Crippen LogP contribution is -2.68. The number of esters is 1. The summed E-state index contributed by atoms with van der Waals surface area (Å²) in [6.45, 7) is 14.3. The molecule has 1 aliphatic rings. The number of aromatic nitrogens is 2. The third-order valence-corrected chi connectivity index (χ3v) is 12.8. The molecule has 0 saturated carbocycles. The van der Waals surface area contributed by atoms with Gasteiger partial charge in [-0.05, 0) is 64.1 Å². The third-order valence-electron chi connectivity index (χ3n) is 8.01. The molecule has 1 N–H and O–H groups in total. The van der Waals surface area contributed by atoms with E-state index in [1.54, 1.807) is 11.8 Å². The van der Waals surface area contributed by atoms with Gasteiger partial charge in [0.15, 0.2) is 5.78 Å². The maximum Gasteiger partial charge on any atom is 0.355 e. The number of unbranched alkanes of at least 4 members (excludes halogenated alkanes) is 3. The molecule has 226 valence electrons. The molecule has 1 aromatic heterocycles. The Bertz CT molecular complexity index is 1030. The summed E-state index contributed by atoms with van der Waals surface area (Å²) < 4.78 is 7.49. The summed E-state index contributed by atoms with van der Waals surface area (Å²) in [5.74, 6) is -1.71. The smallest absolute Gasteiger partial charge is 0.355 e. The number of ether oxygens (including phenoxy) is 1. The molecule has 2 heterocycles. The fourth-order valence-electron chi connectivity index (χ4n) is 5.77. The van der Waals surface area contributed by atoms with Crippen molar-refractivity contribution in [3.05, 3.63) is 30.1 Å². The molecule has 3 atom stereocenters. The number of likely N-dealkylation sites (tertiary alicyclic amines) is 1. The van der Waals surface area contributed by atoms with E-state index in [1.165, 1.54) is 6.08 Å². The highest BCUT2D eigenvalue weighted by Crippen LogP contribution is 2.54. The Labute approximate surface area is 241 Å². The van der Waals surface area contributed by atoms with Crippen LogP contribution in [0.5, 0.6) is 0 Å². The Morgan fingerprint density at radius 2 is 1.68 bits per heavy atom. The standard InChI is InChI=1S/C31H52N3O5P/c1-8-14-18-40(19-15-9-2,20-16-10-3)30(31(38)39-17-11-4)34-26(28(23(7)35)29(34)37)22-27(36)25-21-24(12-5)33(13-6)32-25/h11,21,23,26,28,35H,4,8-10,12-20,22H2,1-3,5-7H3/t23-,26-,28-/m1/s1. The van der Waals surface area contributed by atoms with Crippen molar-refractivity contribution in [3.63, 3.8) is 0 Å². The van der Waals surface area contributed by atoms with Gasteiger partial charge < -0.3 is 14.7 Å². The summed E-state index contributed by atoms with van der Waals surface area (Å²) in [7, 11) is 0. The van der Waals surface area contributed by atoms with Crippen LogP contribution in [-0.4, -0.2) is 80.1 Å². The van der Waals surface area contributed by atoms with Crippen molar-refractivity contribution in [1.82, 2.24) is 14.7 Å². The van der Waals surface area contributed by atoms with Gasteiger partial charge in [0.25, 0.3) is 0 Å². The van der Waals surface area contributed by atoms with Crippen LogP contribution in [0.2, 0.25) is 0 Å². The Kier molecular flexibility index (Phi) is 13.9. The van der Waals surface area contributed by atoms with Crippen LogP contribution in [0.1, 0.15) is 103 Å². The number of aliphatic hydroxyl groups is 1. The van der Waals surface area contributed by atoms with Gasteiger partial charge in [-0.25, -0.2) is 4.79 Å². The molecule has 1 aromatic rings. The summed E-state index contributed by atoms with van der Waals surface area (Å²) in [4.78, 5) is 42.8. The first-order valence-corrected chi connectivity index (χ1v) is 17.6. The topological polar surface area (TPSA) is 102 Å². The number of amides is 1. The highest BCUT2D eigenvalue weighted by Gasteiger charge is 2.54. The van der Waals surface area contributed by atoms with Crippen LogP contribution in [0, 0.1) is 5.92 Å². The number of aryl methyl sites for hydroxylation is 2. The highest BCUT2D eigenvalue weighted by molar-refractivity contribution is 7.77. The van der Waals surface area contributed by atoms with Gasteiger partial charge in [-0.15, -0.1) is 0 Å². The first kappa shape index (κ1) is 34.0. The number of hydrogen-bond donors (Lipinski definition) is 1. The molecule has 9 heteroatoms. The average Bonchev–Trinajstić information content (AvgIpc) is 3.37. The SMILES string of the molecule is C=CCOC(=O)C(N1C(=O)[C@H]([C@@H](C)O)[C@H]1CC(=O)c1cc(CC)n(CC)n1)=P(CCCC)(CCCC)CCCC. The fraction of sp³-hybridized carbons (Fsp3) is 0.710. The molecule has 0 spiro atoms. The van der Waals surface area contributed by atoms with E-state index in [0.29, 0.717) is 17.7 Å². The van der Waals surface area contributed by atoms with E-state index in [4.69, 9.17) is 4.74 Å². The lowest BCUT2D eigenvalue weighted by Gasteiger charge is -2.50. The minimum absolute atomic E-state index is 0.00123. The zero-order valence-electron chi connectivity index (χ0n) is 25.7. The minimum atomic E-state index is -2.13. The average molecular weight is 578 g/mol. The predicted octanol–water partition coefficient (Wildman–Crippen LogP) is 5.52. The molecule has 2 rings (SSSR count). The Morgan fingerprint density at radius 3 is 2.10 bits per heavy atom. The number of nitrogens with zero attached hydrogens (tertiary/aromatic N) is 3. The molecule has 1 fully saturated rings. The van der Waals surface area contributed by atoms with Crippen molar-refractivity contribution < 1.29 is 24.2 Å². The van der Waals surface area contributed by atoms with E-state index in [1.807, 2.05) is 24.6 Å². The summed E-state index contributed by atoms with van der Waals surface area (Å²) in [6.07, 6.45) is 9.78. The summed E-state index contributed by atoms with van der Waals surface area (Å²) in [5.41, 5.74) is 1.81. The molecule has 0 aromatic carbocycles. The van der Waals surface area contributed by atoms with Crippen LogP contribution in [0.25, 0.3) is 0 Å². The Morgan fingerprint density at radius 1 is 1.10 bits per heavy atom. The second-order valence-corrected chi connectivity index (χ2v) is 15.0. The Hall–Kier alpha value is -2.18. The number of hydrogen-bond acceptors (Lipinski definition) is 6. The van der Waals surface area contributed by atoms with Crippen LogP contribution >= 0.6 is 6.89 Å². The number of carbonyl (C=O) groups is 3. The lowest BCUT2D eigenvalue weighted by atomic mass is 9.80. The first-order valence-electron chi connectivity index (χ1n) is 15.3. The summed E-state index contributed by atoms with van der Waals surface area (Å²) in [6, 6.07) is 1.20. The van der Waals surface area contributed by atoms with Crippen molar-refractivity contribution in [2.45, 2.75) is 112 Å². The van der Waals surface area contributed by atoms with Crippen LogP contribution < -0.4 is 0 Å². The van der Waals surface area contributed by atoms with E-state index in [9.17, 15) is 19.5 Å². The van der Waals surface area contributed by atoms with Crippen LogP contribution in [0.15, 0.2) is 18.7 Å². The van der Waals surface area contributed by atoms with Crippen LogP contribution in [0.3, 0.4) is 0 Å². The molecule has 0 bridgehead atoms. The molecule has 0 aliphatic carbocycles. The van der Waals surface area contributed by atoms with Gasteiger partial charge in [0.05, 0.1) is 18.1 Å². The van der Waals surface area contributed by atoms with Gasteiger partial charge >= 0.3 is 5.97 Å². The number of ketones is 1. The van der Waals surface area contributed by atoms with E-state index >= 15 is 0 Å². The van der Waals surface area contributed by atoms with E-state index in [2.05, 4.69) is 32.4 Å². The molecule has 8 nitrogen and oxygen atoms in total. The van der Waals surface area contributed by atoms with E-state index < -0.39 is 30.9 Å². The van der Waals surface area contributed by atoms with Gasteiger partial charge in [0, 0.05) is 18.7 Å². The Balaban J connectivity index is 2.71. The number of carbonyl (C=O) groups excluding carboxylic acids is 3. The van der Waals surface area contributed by atoms with Crippen molar-refractivity contribution in [2.24, 2.45) is 5.92 Å². The van der Waals surface area contributed by atoms with E-state index in [0.717, 1.165) is 69.1 Å². The second kappa shape index (κ2) is 16.3. The lowest BCUT2D eigenvalue weighted by molar-refractivity contribution is -0.157. The number of rotatable bonds is 19. The second-order valence-electron chi connectivity index (χ2n) is 10.9. The maximum atomic E-state index is 13.9. The molecule has 0 unspecified atom stereocenters. The van der Waals surface area contributed by atoms with Gasteiger partial charge in [0.1, 0.15) is 17.7 Å². The molecule has 40 heavy (non-hydrogen) atoms. The van der Waals surface area contributed by atoms with Gasteiger partial charge in [-0.1, -0.05) is 66.5 Å². The monoisotopic (exact) mass is 577 g/mol. The number of Topliss-reactive ketones (excluding diaryl/α,β-unsaturated/α-hetero) is 1. The van der Waals surface area contributed by atoms with Gasteiger partial charge in [-0.3, -0.25) is 14.3 Å². The largest absolute Gasteiger partial charge is 0.457 e. The minimum Gasteiger partial charge on any atom is -0.457 e. The van der Waals surface area contributed by atoms with Crippen LogP contribution in [0.4, 0.5) is 0 Å². The van der Waals surface area contributed by atoms with Crippen molar-refractivity contribution >= 4 is 30.0 Å². The molecule has 0 radical (unpaired) electrons.